The third-order valence-electron chi connectivity index (χ3n) is 4.32. The van der Waals surface area contributed by atoms with Crippen LogP contribution in [0.1, 0.15) is 37.4 Å². The van der Waals surface area contributed by atoms with Gasteiger partial charge in [0.25, 0.3) is 0 Å². The second-order valence-corrected chi connectivity index (χ2v) is 5.48. The fraction of sp³-hybridized carbons (Fsp3) is 0.692. The maximum absolute atomic E-state index is 12.3. The Bertz CT molecular complexity index is 454. The third kappa shape index (κ3) is 2.14. The molecule has 0 radical (unpaired) electrons. The van der Waals surface area contributed by atoms with E-state index in [1.165, 1.54) is 0 Å². The number of nitrogens with two attached hydrogens (primary N) is 1. The van der Waals surface area contributed by atoms with Crippen molar-refractivity contribution in [2.24, 2.45) is 18.2 Å². The van der Waals surface area contributed by atoms with Crippen molar-refractivity contribution in [1.82, 2.24) is 15.1 Å². The number of aryl methyl sites for hydroxylation is 1. The Balaban J connectivity index is 1.98. The van der Waals surface area contributed by atoms with Gasteiger partial charge in [-0.2, -0.15) is 5.10 Å². The van der Waals surface area contributed by atoms with E-state index in [4.69, 9.17) is 5.73 Å². The van der Waals surface area contributed by atoms with Crippen LogP contribution in [0.3, 0.4) is 0 Å². The van der Waals surface area contributed by atoms with Crippen LogP contribution < -0.4 is 11.1 Å². The summed E-state index contributed by atoms with van der Waals surface area (Å²) in [5, 5.41) is 7.16. The molecule has 1 saturated carbocycles. The van der Waals surface area contributed by atoms with Crippen LogP contribution >= 0.6 is 0 Å². The first-order valence-corrected chi connectivity index (χ1v) is 6.46. The summed E-state index contributed by atoms with van der Waals surface area (Å²) < 4.78 is 1.81. The summed E-state index contributed by atoms with van der Waals surface area (Å²) in [6, 6.07) is -0.0208. The molecule has 2 rings (SSSR count). The van der Waals surface area contributed by atoms with E-state index in [1.54, 1.807) is 6.20 Å². The van der Waals surface area contributed by atoms with Gasteiger partial charge in [0.1, 0.15) is 0 Å². The number of carbonyl (C=O) groups is 1. The highest BCUT2D eigenvalue weighted by Crippen LogP contribution is 2.36. The molecule has 1 amide bonds. The van der Waals surface area contributed by atoms with Gasteiger partial charge < -0.3 is 11.1 Å². The van der Waals surface area contributed by atoms with Crippen LogP contribution in [0.2, 0.25) is 0 Å². The number of amides is 1. The lowest BCUT2D eigenvalue weighted by molar-refractivity contribution is -0.130. The predicted octanol–water partition coefficient (Wildman–Crippen LogP) is 0.862. The van der Waals surface area contributed by atoms with Crippen molar-refractivity contribution in [3.05, 3.63) is 17.5 Å². The topological polar surface area (TPSA) is 72.9 Å². The molecule has 100 valence electrons. The smallest absolute Gasteiger partial charge is 0.227 e. The highest BCUT2D eigenvalue weighted by Gasteiger charge is 2.42. The Kier molecular flexibility index (Phi) is 3.43. The van der Waals surface area contributed by atoms with Crippen molar-refractivity contribution in [3.8, 4) is 0 Å². The molecule has 3 N–H and O–H groups in total. The molecule has 1 aliphatic carbocycles. The number of hydrogen-bond acceptors (Lipinski definition) is 3. The minimum atomic E-state index is -0.407. The lowest BCUT2D eigenvalue weighted by atomic mass is 9.84. The van der Waals surface area contributed by atoms with Gasteiger partial charge >= 0.3 is 0 Å². The van der Waals surface area contributed by atoms with Gasteiger partial charge in [0.2, 0.25) is 5.91 Å². The number of carbonyl (C=O) groups excluding carboxylic acids is 1. The second-order valence-electron chi connectivity index (χ2n) is 5.48. The van der Waals surface area contributed by atoms with Crippen LogP contribution in [0.25, 0.3) is 0 Å². The standard InChI is InChI=1S/C13H22N4O/c1-9-10(8-16-17(9)3)7-15-12(18)13(2)6-4-5-11(13)14/h8,11H,4-7,14H2,1-3H3,(H,15,18). The van der Waals surface area contributed by atoms with E-state index >= 15 is 0 Å². The number of rotatable bonds is 3. The molecule has 0 aromatic carbocycles. The summed E-state index contributed by atoms with van der Waals surface area (Å²) in [5.41, 5.74) is 7.77. The first-order valence-electron chi connectivity index (χ1n) is 6.46. The Morgan fingerprint density at radius 3 is 2.94 bits per heavy atom. The van der Waals surface area contributed by atoms with Gasteiger partial charge in [-0.25, -0.2) is 0 Å². The van der Waals surface area contributed by atoms with E-state index < -0.39 is 5.41 Å². The van der Waals surface area contributed by atoms with Crippen molar-refractivity contribution >= 4 is 5.91 Å². The molecule has 2 unspecified atom stereocenters. The third-order valence-corrected chi connectivity index (χ3v) is 4.32. The van der Waals surface area contributed by atoms with E-state index in [-0.39, 0.29) is 11.9 Å². The van der Waals surface area contributed by atoms with Gasteiger partial charge in [-0.1, -0.05) is 6.42 Å². The molecule has 1 heterocycles. The predicted molar refractivity (Wildman–Crippen MR) is 69.7 cm³/mol. The monoisotopic (exact) mass is 250 g/mol. The van der Waals surface area contributed by atoms with Gasteiger partial charge in [-0.3, -0.25) is 9.48 Å². The quantitative estimate of drug-likeness (QED) is 0.835. The molecular formula is C13H22N4O. The number of nitrogens with one attached hydrogen (secondary N) is 1. The van der Waals surface area contributed by atoms with E-state index in [0.29, 0.717) is 6.54 Å². The fourth-order valence-electron chi connectivity index (χ4n) is 2.57. The number of aromatic nitrogens is 2. The summed E-state index contributed by atoms with van der Waals surface area (Å²) >= 11 is 0. The van der Waals surface area contributed by atoms with Crippen molar-refractivity contribution in [2.45, 2.75) is 45.7 Å². The molecule has 5 heteroatoms. The summed E-state index contributed by atoms with van der Waals surface area (Å²) in [6.07, 6.45) is 4.66. The van der Waals surface area contributed by atoms with Crippen LogP contribution in [0, 0.1) is 12.3 Å². The molecule has 1 aliphatic rings. The molecule has 5 nitrogen and oxygen atoms in total. The first-order chi connectivity index (χ1) is 8.45. The molecule has 1 aromatic heterocycles. The van der Waals surface area contributed by atoms with Crippen LogP contribution in [-0.4, -0.2) is 21.7 Å². The fourth-order valence-corrected chi connectivity index (χ4v) is 2.57. The normalized spacial score (nSPS) is 27.4. The Labute approximate surface area is 108 Å². The van der Waals surface area contributed by atoms with Gasteiger partial charge in [0, 0.05) is 30.9 Å². The lowest BCUT2D eigenvalue weighted by Crippen LogP contribution is -2.47. The molecular weight excluding hydrogens is 228 g/mol. The van der Waals surface area contributed by atoms with Gasteiger partial charge in [-0.05, 0) is 26.7 Å². The van der Waals surface area contributed by atoms with E-state index in [0.717, 1.165) is 30.5 Å². The maximum atomic E-state index is 12.3. The molecule has 0 aliphatic heterocycles. The van der Waals surface area contributed by atoms with Crippen molar-refractivity contribution in [2.75, 3.05) is 0 Å². The zero-order valence-electron chi connectivity index (χ0n) is 11.4. The van der Waals surface area contributed by atoms with Crippen molar-refractivity contribution in [1.29, 1.82) is 0 Å². The Morgan fingerprint density at radius 2 is 2.44 bits per heavy atom. The van der Waals surface area contributed by atoms with Gasteiger partial charge in [-0.15, -0.1) is 0 Å². The molecule has 0 bridgehead atoms. The first kappa shape index (κ1) is 13.1. The SMILES string of the molecule is Cc1c(CNC(=O)C2(C)CCCC2N)cnn1C. The number of hydrogen-bond donors (Lipinski definition) is 2. The zero-order valence-corrected chi connectivity index (χ0v) is 11.4. The van der Waals surface area contributed by atoms with Gasteiger partial charge in [0.15, 0.2) is 0 Å². The highest BCUT2D eigenvalue weighted by molar-refractivity contribution is 5.83. The Morgan fingerprint density at radius 1 is 1.72 bits per heavy atom. The van der Waals surface area contributed by atoms with Crippen LogP contribution in [-0.2, 0) is 18.4 Å². The molecule has 2 atom stereocenters. The molecule has 1 fully saturated rings. The molecule has 0 saturated heterocycles. The highest BCUT2D eigenvalue weighted by atomic mass is 16.2. The molecule has 1 aromatic rings. The molecule has 18 heavy (non-hydrogen) atoms. The minimum absolute atomic E-state index is 0.0208. The average Bonchev–Trinajstić information content (AvgIpc) is 2.84. The number of nitrogens with zero attached hydrogens (tertiary/aromatic N) is 2. The summed E-state index contributed by atoms with van der Waals surface area (Å²) in [7, 11) is 1.90. The summed E-state index contributed by atoms with van der Waals surface area (Å²) in [4.78, 5) is 12.3. The average molecular weight is 250 g/mol. The van der Waals surface area contributed by atoms with E-state index in [9.17, 15) is 4.79 Å². The Hall–Kier alpha value is -1.36. The molecule has 0 spiro atoms. The van der Waals surface area contributed by atoms with Crippen LogP contribution in [0.4, 0.5) is 0 Å². The maximum Gasteiger partial charge on any atom is 0.227 e. The van der Waals surface area contributed by atoms with E-state index in [1.807, 2.05) is 25.6 Å². The van der Waals surface area contributed by atoms with Crippen molar-refractivity contribution < 1.29 is 4.79 Å². The summed E-state index contributed by atoms with van der Waals surface area (Å²) in [6.45, 7) is 4.49. The van der Waals surface area contributed by atoms with E-state index in [2.05, 4.69) is 10.4 Å². The van der Waals surface area contributed by atoms with Crippen LogP contribution in [0.5, 0.6) is 0 Å². The lowest BCUT2D eigenvalue weighted by Gasteiger charge is -2.27. The largest absolute Gasteiger partial charge is 0.351 e. The van der Waals surface area contributed by atoms with Crippen molar-refractivity contribution in [3.63, 3.8) is 0 Å². The zero-order chi connectivity index (χ0) is 13.3. The van der Waals surface area contributed by atoms with Crippen LogP contribution in [0.15, 0.2) is 6.20 Å². The van der Waals surface area contributed by atoms with Gasteiger partial charge in [0.05, 0.1) is 11.6 Å². The summed E-state index contributed by atoms with van der Waals surface area (Å²) in [5.74, 6) is 0.0655. The minimum Gasteiger partial charge on any atom is -0.351 e. The second kappa shape index (κ2) is 4.72.